The lowest BCUT2D eigenvalue weighted by atomic mass is 9.91. The number of benzene rings is 1. The Morgan fingerprint density at radius 1 is 0.913 bits per heavy atom. The summed E-state index contributed by atoms with van der Waals surface area (Å²) in [6.45, 7) is 5.95. The van der Waals surface area contributed by atoms with Gasteiger partial charge in [-0.15, -0.1) is 12.4 Å². The Morgan fingerprint density at radius 3 is 2.17 bits per heavy atom. The smallest absolute Gasteiger partial charge is 0.0432 e. The van der Waals surface area contributed by atoms with Crippen molar-refractivity contribution in [2.75, 3.05) is 29.9 Å². The van der Waals surface area contributed by atoms with Gasteiger partial charge < -0.3 is 10.2 Å². The molecule has 2 heterocycles. The molecule has 0 saturated carbocycles. The van der Waals surface area contributed by atoms with Gasteiger partial charge in [0.1, 0.15) is 0 Å². The summed E-state index contributed by atoms with van der Waals surface area (Å²) in [5, 5.41) is 3.68. The van der Waals surface area contributed by atoms with Crippen LogP contribution < -0.4 is 10.2 Å². The van der Waals surface area contributed by atoms with Crippen LogP contribution in [0.15, 0.2) is 12.1 Å². The molecule has 0 saturated heterocycles. The van der Waals surface area contributed by atoms with Gasteiger partial charge in [-0.1, -0.05) is 39.0 Å². The molecule has 0 spiro atoms. The maximum Gasteiger partial charge on any atom is 0.0432 e. The third kappa shape index (κ3) is 4.79. The Bertz CT molecular complexity index is 456. The van der Waals surface area contributed by atoms with Crippen molar-refractivity contribution in [2.24, 2.45) is 0 Å². The minimum Gasteiger partial charge on any atom is -0.385 e. The van der Waals surface area contributed by atoms with E-state index in [0.717, 1.165) is 6.54 Å². The van der Waals surface area contributed by atoms with Gasteiger partial charge in [-0.25, -0.2) is 0 Å². The van der Waals surface area contributed by atoms with Gasteiger partial charge >= 0.3 is 0 Å². The summed E-state index contributed by atoms with van der Waals surface area (Å²) in [5.41, 5.74) is 6.14. The van der Waals surface area contributed by atoms with Crippen molar-refractivity contribution in [2.45, 2.75) is 71.1 Å². The summed E-state index contributed by atoms with van der Waals surface area (Å²) < 4.78 is 0. The summed E-state index contributed by atoms with van der Waals surface area (Å²) in [7, 11) is 0. The van der Waals surface area contributed by atoms with Crippen LogP contribution in [-0.4, -0.2) is 19.6 Å². The van der Waals surface area contributed by atoms with Crippen LogP contribution in [0.5, 0.6) is 0 Å². The van der Waals surface area contributed by atoms with E-state index in [4.69, 9.17) is 0 Å². The zero-order valence-corrected chi connectivity index (χ0v) is 15.5. The molecule has 0 radical (unpaired) electrons. The van der Waals surface area contributed by atoms with Crippen LogP contribution in [0.25, 0.3) is 0 Å². The molecule has 0 amide bonds. The molecule has 2 aliphatic heterocycles. The maximum atomic E-state index is 3.68. The van der Waals surface area contributed by atoms with Crippen LogP contribution in [-0.2, 0) is 12.8 Å². The Morgan fingerprint density at radius 2 is 1.52 bits per heavy atom. The number of hydrogen-bond acceptors (Lipinski definition) is 2. The average Bonchev–Trinajstić information content (AvgIpc) is 2.54. The third-order valence-electron chi connectivity index (χ3n) is 5.19. The number of unbranched alkanes of at least 4 members (excludes halogenated alkanes) is 5. The molecule has 130 valence electrons. The van der Waals surface area contributed by atoms with Gasteiger partial charge in [0.15, 0.2) is 0 Å². The van der Waals surface area contributed by atoms with E-state index in [-0.39, 0.29) is 12.4 Å². The molecule has 0 atom stereocenters. The maximum absolute atomic E-state index is 3.68. The lowest BCUT2D eigenvalue weighted by molar-refractivity contribution is 0.616. The molecule has 2 aliphatic rings. The van der Waals surface area contributed by atoms with Crippen LogP contribution in [0.2, 0.25) is 0 Å². The summed E-state index contributed by atoms with van der Waals surface area (Å²) >= 11 is 0. The van der Waals surface area contributed by atoms with E-state index in [1.54, 1.807) is 16.8 Å². The second kappa shape index (κ2) is 9.42. The number of aryl methyl sites for hydroxylation is 2. The number of nitrogens with one attached hydrogen (secondary N) is 1. The van der Waals surface area contributed by atoms with E-state index in [1.165, 1.54) is 83.0 Å². The molecule has 23 heavy (non-hydrogen) atoms. The van der Waals surface area contributed by atoms with Crippen LogP contribution >= 0.6 is 12.4 Å². The van der Waals surface area contributed by atoms with Crippen LogP contribution in [0.4, 0.5) is 11.4 Å². The lowest BCUT2D eigenvalue weighted by Crippen LogP contribution is -2.34. The van der Waals surface area contributed by atoms with Crippen molar-refractivity contribution in [1.29, 1.82) is 0 Å². The first kappa shape index (κ1) is 18.4. The van der Waals surface area contributed by atoms with Crippen molar-refractivity contribution in [3.05, 3.63) is 23.3 Å². The highest BCUT2D eigenvalue weighted by atomic mass is 35.5. The molecule has 0 unspecified atom stereocenters. The standard InChI is InChI=1S/C20H32N2.ClH/c1-2-3-4-5-6-7-12-21-19-15-17-10-8-13-22-14-9-11-18(16-19)20(17)22;/h15-16,21H,2-14H2,1H3;1H. The second-order valence-electron chi connectivity index (χ2n) is 7.03. The molecule has 0 aliphatic carbocycles. The quantitative estimate of drug-likeness (QED) is 0.623. The third-order valence-corrected chi connectivity index (χ3v) is 5.19. The van der Waals surface area contributed by atoms with E-state index in [2.05, 4.69) is 29.3 Å². The molecule has 0 fully saturated rings. The van der Waals surface area contributed by atoms with Gasteiger partial charge in [-0.3, -0.25) is 0 Å². The highest BCUT2D eigenvalue weighted by Gasteiger charge is 2.23. The predicted molar refractivity (Wildman–Crippen MR) is 104 cm³/mol. The van der Waals surface area contributed by atoms with Gasteiger partial charge in [0.25, 0.3) is 0 Å². The van der Waals surface area contributed by atoms with Crippen molar-refractivity contribution in [3.8, 4) is 0 Å². The van der Waals surface area contributed by atoms with Gasteiger partial charge in [-0.05, 0) is 55.4 Å². The van der Waals surface area contributed by atoms with E-state index in [1.807, 2.05) is 0 Å². The Kier molecular flexibility index (Phi) is 7.55. The van der Waals surface area contributed by atoms with Crippen molar-refractivity contribution in [3.63, 3.8) is 0 Å². The second-order valence-corrected chi connectivity index (χ2v) is 7.03. The van der Waals surface area contributed by atoms with Crippen molar-refractivity contribution in [1.82, 2.24) is 0 Å². The molecule has 3 heteroatoms. The minimum absolute atomic E-state index is 0. The first-order valence-electron chi connectivity index (χ1n) is 9.53. The van der Waals surface area contributed by atoms with Gasteiger partial charge in [0.2, 0.25) is 0 Å². The van der Waals surface area contributed by atoms with Gasteiger partial charge in [-0.2, -0.15) is 0 Å². The molecule has 3 rings (SSSR count). The largest absolute Gasteiger partial charge is 0.385 e. The minimum atomic E-state index is 0. The number of nitrogens with zero attached hydrogens (tertiary/aromatic N) is 1. The SMILES string of the molecule is CCCCCCCCNc1cc2c3c(c1)CCCN3CCC2.Cl. The summed E-state index contributed by atoms with van der Waals surface area (Å²) in [6.07, 6.45) is 13.4. The van der Waals surface area contributed by atoms with E-state index in [9.17, 15) is 0 Å². The Labute approximate surface area is 148 Å². The summed E-state index contributed by atoms with van der Waals surface area (Å²) in [4.78, 5) is 2.62. The summed E-state index contributed by atoms with van der Waals surface area (Å²) in [5.74, 6) is 0. The number of hydrogen-bond donors (Lipinski definition) is 1. The first-order chi connectivity index (χ1) is 10.9. The molecule has 2 nitrogen and oxygen atoms in total. The number of rotatable bonds is 8. The van der Waals surface area contributed by atoms with Crippen LogP contribution in [0.3, 0.4) is 0 Å². The number of anilines is 2. The van der Waals surface area contributed by atoms with Crippen LogP contribution in [0.1, 0.15) is 69.4 Å². The Hall–Kier alpha value is -0.890. The Balaban J connectivity index is 0.00000192. The molecule has 0 bridgehead atoms. The zero-order chi connectivity index (χ0) is 15.2. The van der Waals surface area contributed by atoms with Crippen LogP contribution in [0, 0.1) is 0 Å². The average molecular weight is 337 g/mol. The number of halogens is 1. The van der Waals surface area contributed by atoms with E-state index < -0.39 is 0 Å². The van der Waals surface area contributed by atoms with Crippen molar-refractivity contribution >= 4 is 23.8 Å². The molecule has 0 aromatic heterocycles. The molecule has 1 aromatic carbocycles. The lowest BCUT2D eigenvalue weighted by Gasteiger charge is -2.37. The fourth-order valence-electron chi connectivity index (χ4n) is 4.04. The summed E-state index contributed by atoms with van der Waals surface area (Å²) in [6, 6.07) is 4.85. The highest BCUT2D eigenvalue weighted by molar-refractivity contribution is 5.85. The molecule has 1 N–H and O–H groups in total. The zero-order valence-electron chi connectivity index (χ0n) is 14.7. The van der Waals surface area contributed by atoms with Crippen molar-refractivity contribution < 1.29 is 0 Å². The van der Waals surface area contributed by atoms with E-state index in [0.29, 0.717) is 0 Å². The van der Waals surface area contributed by atoms with Gasteiger partial charge in [0, 0.05) is 31.0 Å². The predicted octanol–water partition coefficient (Wildman–Crippen LogP) is 5.58. The molecule has 1 aromatic rings. The highest BCUT2D eigenvalue weighted by Crippen LogP contribution is 2.37. The monoisotopic (exact) mass is 336 g/mol. The van der Waals surface area contributed by atoms with Gasteiger partial charge in [0.05, 0.1) is 0 Å². The fourth-order valence-corrected chi connectivity index (χ4v) is 4.04. The molecular formula is C20H33ClN2. The first-order valence-corrected chi connectivity index (χ1v) is 9.53. The van der Waals surface area contributed by atoms with E-state index >= 15 is 0 Å². The molecular weight excluding hydrogens is 304 g/mol. The fraction of sp³-hybridized carbons (Fsp3) is 0.700. The topological polar surface area (TPSA) is 15.3 Å². The normalized spacial score (nSPS) is 15.8.